The molecule has 1 unspecified atom stereocenters. The molecule has 0 aromatic rings. The minimum atomic E-state index is -0.516. The van der Waals surface area contributed by atoms with E-state index in [0.717, 1.165) is 6.42 Å². The molecule has 0 aromatic heterocycles. The van der Waals surface area contributed by atoms with Crippen LogP contribution in [0.25, 0.3) is 0 Å². The normalized spacial score (nSPS) is 13.1. The number of esters is 1. The molecule has 0 aliphatic rings. The summed E-state index contributed by atoms with van der Waals surface area (Å²) in [5, 5.41) is 0. The first-order chi connectivity index (χ1) is 4.95. The summed E-state index contributed by atoms with van der Waals surface area (Å²) in [5.74, 6) is -0.336. The average molecular weight is 196 g/mol. The number of hydrogen-bond acceptors (Lipinski definition) is 3. The van der Waals surface area contributed by atoms with Gasteiger partial charge in [0.1, 0.15) is 6.04 Å². The Morgan fingerprint density at radius 1 is 1.58 bits per heavy atom. The lowest BCUT2D eigenvalue weighted by atomic mass is 9.82. The Kier molecular flexibility index (Phi) is 6.39. The summed E-state index contributed by atoms with van der Waals surface area (Å²) < 4.78 is 4.54. The van der Waals surface area contributed by atoms with Gasteiger partial charge in [-0.2, -0.15) is 0 Å². The van der Waals surface area contributed by atoms with Crippen LogP contribution in [0.15, 0.2) is 0 Å². The first-order valence-corrected chi connectivity index (χ1v) is 3.79. The third-order valence-electron chi connectivity index (χ3n) is 2.21. The number of methoxy groups -OCH3 is 1. The van der Waals surface area contributed by atoms with Crippen molar-refractivity contribution in [2.45, 2.75) is 33.2 Å². The molecule has 1 atom stereocenters. The number of carbonyl (C=O) groups excluding carboxylic acids is 1. The maximum atomic E-state index is 11.0. The zero-order valence-corrected chi connectivity index (χ0v) is 8.90. The van der Waals surface area contributed by atoms with Gasteiger partial charge >= 0.3 is 5.97 Å². The van der Waals surface area contributed by atoms with Gasteiger partial charge in [-0.1, -0.05) is 20.8 Å². The van der Waals surface area contributed by atoms with Gasteiger partial charge in [-0.05, 0) is 11.8 Å². The molecule has 0 aliphatic heterocycles. The van der Waals surface area contributed by atoms with Crippen LogP contribution in [0.5, 0.6) is 0 Å². The van der Waals surface area contributed by atoms with Crippen LogP contribution in [0.4, 0.5) is 0 Å². The zero-order valence-electron chi connectivity index (χ0n) is 8.09. The molecule has 4 heteroatoms. The average Bonchev–Trinajstić information content (AvgIpc) is 2.01. The maximum Gasteiger partial charge on any atom is 0.323 e. The van der Waals surface area contributed by atoms with E-state index in [0.29, 0.717) is 0 Å². The van der Waals surface area contributed by atoms with Gasteiger partial charge in [0, 0.05) is 0 Å². The van der Waals surface area contributed by atoms with Crippen molar-refractivity contribution >= 4 is 18.4 Å². The molecule has 0 saturated carbocycles. The summed E-state index contributed by atoms with van der Waals surface area (Å²) in [6.07, 6.45) is 0.864. The number of ether oxygens (including phenoxy) is 1. The molecular formula is C8H18ClNO2. The highest BCUT2D eigenvalue weighted by Gasteiger charge is 2.30. The van der Waals surface area contributed by atoms with Crippen LogP contribution in [0.3, 0.4) is 0 Å². The second-order valence-corrected chi connectivity index (χ2v) is 3.34. The van der Waals surface area contributed by atoms with Crippen molar-refractivity contribution in [1.29, 1.82) is 0 Å². The Morgan fingerprint density at radius 3 is 2.25 bits per heavy atom. The molecule has 0 bridgehead atoms. The van der Waals surface area contributed by atoms with Gasteiger partial charge < -0.3 is 10.5 Å². The van der Waals surface area contributed by atoms with Crippen molar-refractivity contribution < 1.29 is 9.53 Å². The van der Waals surface area contributed by atoms with Crippen LogP contribution in [-0.2, 0) is 9.53 Å². The lowest BCUT2D eigenvalue weighted by molar-refractivity contribution is -0.145. The monoisotopic (exact) mass is 195 g/mol. The quantitative estimate of drug-likeness (QED) is 0.692. The maximum absolute atomic E-state index is 11.0. The molecule has 0 saturated heterocycles. The van der Waals surface area contributed by atoms with Gasteiger partial charge in [0.15, 0.2) is 0 Å². The minimum absolute atomic E-state index is 0. The van der Waals surface area contributed by atoms with Crippen LogP contribution >= 0.6 is 12.4 Å². The van der Waals surface area contributed by atoms with E-state index in [1.165, 1.54) is 7.11 Å². The summed E-state index contributed by atoms with van der Waals surface area (Å²) in [7, 11) is 1.36. The molecule has 0 aliphatic carbocycles. The van der Waals surface area contributed by atoms with E-state index >= 15 is 0 Å². The molecule has 3 nitrogen and oxygen atoms in total. The smallest absolute Gasteiger partial charge is 0.323 e. The fourth-order valence-corrected chi connectivity index (χ4v) is 0.666. The van der Waals surface area contributed by atoms with Crippen LogP contribution < -0.4 is 5.73 Å². The van der Waals surface area contributed by atoms with Crippen molar-refractivity contribution in [3.63, 3.8) is 0 Å². The lowest BCUT2D eigenvalue weighted by Crippen LogP contribution is -2.44. The topological polar surface area (TPSA) is 52.3 Å². The molecule has 0 spiro atoms. The number of hydrogen-bond donors (Lipinski definition) is 1. The number of rotatable bonds is 3. The van der Waals surface area contributed by atoms with Crippen molar-refractivity contribution in [3.05, 3.63) is 0 Å². The Bertz CT molecular complexity index is 148. The Balaban J connectivity index is 0. The number of halogens is 1. The summed E-state index contributed by atoms with van der Waals surface area (Å²) in [6.45, 7) is 5.91. The van der Waals surface area contributed by atoms with Crippen molar-refractivity contribution in [2.75, 3.05) is 7.11 Å². The van der Waals surface area contributed by atoms with E-state index in [9.17, 15) is 4.79 Å². The number of nitrogens with two attached hydrogens (primary N) is 1. The SMILES string of the molecule is CCC(C)(C)C(N)C(=O)OC.Cl. The van der Waals surface area contributed by atoms with Crippen molar-refractivity contribution in [2.24, 2.45) is 11.1 Å². The third-order valence-corrected chi connectivity index (χ3v) is 2.21. The van der Waals surface area contributed by atoms with Crippen molar-refractivity contribution in [3.8, 4) is 0 Å². The Hall–Kier alpha value is -0.280. The van der Waals surface area contributed by atoms with Crippen molar-refractivity contribution in [1.82, 2.24) is 0 Å². The van der Waals surface area contributed by atoms with Crippen LogP contribution in [-0.4, -0.2) is 19.1 Å². The fourth-order valence-electron chi connectivity index (χ4n) is 0.666. The summed E-state index contributed by atoms with van der Waals surface area (Å²) >= 11 is 0. The Labute approximate surface area is 80.1 Å². The first-order valence-electron chi connectivity index (χ1n) is 3.79. The molecular weight excluding hydrogens is 178 g/mol. The minimum Gasteiger partial charge on any atom is -0.468 e. The van der Waals surface area contributed by atoms with E-state index in [-0.39, 0.29) is 23.8 Å². The zero-order chi connectivity index (χ0) is 9.07. The highest BCUT2D eigenvalue weighted by molar-refractivity contribution is 5.85. The van der Waals surface area contributed by atoms with Crippen LogP contribution in [0, 0.1) is 5.41 Å². The Morgan fingerprint density at radius 2 is 2.00 bits per heavy atom. The van der Waals surface area contributed by atoms with Gasteiger partial charge in [0.05, 0.1) is 7.11 Å². The van der Waals surface area contributed by atoms with Gasteiger partial charge in [-0.25, -0.2) is 0 Å². The fraction of sp³-hybridized carbons (Fsp3) is 0.875. The van der Waals surface area contributed by atoms with Gasteiger partial charge in [-0.3, -0.25) is 4.79 Å². The molecule has 12 heavy (non-hydrogen) atoms. The van der Waals surface area contributed by atoms with E-state index in [1.807, 2.05) is 20.8 Å². The number of carbonyl (C=O) groups is 1. The summed E-state index contributed by atoms with van der Waals surface area (Å²) in [6, 6.07) is -0.516. The second kappa shape index (κ2) is 5.38. The van der Waals surface area contributed by atoms with E-state index < -0.39 is 6.04 Å². The predicted octanol–water partition coefficient (Wildman–Crippen LogP) is 1.34. The van der Waals surface area contributed by atoms with E-state index in [4.69, 9.17) is 5.73 Å². The lowest BCUT2D eigenvalue weighted by Gasteiger charge is -2.27. The molecule has 0 aromatic carbocycles. The van der Waals surface area contributed by atoms with Gasteiger partial charge in [-0.15, -0.1) is 12.4 Å². The van der Waals surface area contributed by atoms with Crippen LogP contribution in [0.2, 0.25) is 0 Å². The molecule has 0 radical (unpaired) electrons. The largest absolute Gasteiger partial charge is 0.468 e. The third kappa shape index (κ3) is 3.41. The highest BCUT2D eigenvalue weighted by atomic mass is 35.5. The standard InChI is InChI=1S/C8H17NO2.ClH/c1-5-8(2,3)6(9)7(10)11-4;/h6H,5,9H2,1-4H3;1H. The van der Waals surface area contributed by atoms with E-state index in [2.05, 4.69) is 4.74 Å². The molecule has 0 heterocycles. The van der Waals surface area contributed by atoms with Crippen LogP contribution in [0.1, 0.15) is 27.2 Å². The molecule has 0 rings (SSSR count). The van der Waals surface area contributed by atoms with Gasteiger partial charge in [0.25, 0.3) is 0 Å². The second-order valence-electron chi connectivity index (χ2n) is 3.34. The predicted molar refractivity (Wildman–Crippen MR) is 51.3 cm³/mol. The summed E-state index contributed by atoms with van der Waals surface area (Å²) in [5.41, 5.74) is 5.47. The summed E-state index contributed by atoms with van der Waals surface area (Å²) in [4.78, 5) is 11.0. The molecule has 74 valence electrons. The molecule has 0 fully saturated rings. The first kappa shape index (κ1) is 14.3. The molecule has 0 amide bonds. The van der Waals surface area contributed by atoms with Gasteiger partial charge in [0.2, 0.25) is 0 Å². The molecule has 2 N–H and O–H groups in total. The van der Waals surface area contributed by atoms with E-state index in [1.54, 1.807) is 0 Å². The highest BCUT2D eigenvalue weighted by Crippen LogP contribution is 2.23.